The molecule has 2 rings (SSSR count). The predicted octanol–water partition coefficient (Wildman–Crippen LogP) is 2.09. The van der Waals surface area contributed by atoms with Gasteiger partial charge in [0.25, 0.3) is 0 Å². The van der Waals surface area contributed by atoms with E-state index >= 15 is 0 Å². The van der Waals surface area contributed by atoms with Crippen molar-refractivity contribution in [3.05, 3.63) is 46.2 Å². The first-order valence-electron chi connectivity index (χ1n) is 6.78. The van der Waals surface area contributed by atoms with E-state index in [1.165, 1.54) is 0 Å². The minimum absolute atomic E-state index is 0.0745. The first kappa shape index (κ1) is 15.4. The Bertz CT molecular complexity index is 634. The lowest BCUT2D eigenvalue weighted by molar-refractivity contribution is -0.121. The Morgan fingerprint density at radius 1 is 1.33 bits per heavy atom. The van der Waals surface area contributed by atoms with Gasteiger partial charge in [-0.1, -0.05) is 23.7 Å². The Morgan fingerprint density at radius 2 is 2.00 bits per heavy atom. The lowest BCUT2D eigenvalue weighted by Crippen LogP contribution is -2.30. The average Bonchev–Trinajstić information content (AvgIpc) is 2.68. The van der Waals surface area contributed by atoms with Crippen LogP contribution in [0.5, 0.6) is 0 Å². The van der Waals surface area contributed by atoms with Crippen molar-refractivity contribution < 1.29 is 4.79 Å². The molecule has 0 aliphatic carbocycles. The third-order valence-electron chi connectivity index (χ3n) is 3.38. The summed E-state index contributed by atoms with van der Waals surface area (Å²) in [5, 5.41) is 7.83. The van der Waals surface area contributed by atoms with Crippen LogP contribution in [0.25, 0.3) is 0 Å². The molecule has 5 nitrogen and oxygen atoms in total. The molecule has 1 heterocycles. The van der Waals surface area contributed by atoms with Gasteiger partial charge in [-0.15, -0.1) is 0 Å². The van der Waals surface area contributed by atoms with Crippen LogP contribution in [0.4, 0.5) is 5.69 Å². The van der Waals surface area contributed by atoms with Gasteiger partial charge >= 0.3 is 0 Å². The Hall–Kier alpha value is -2.01. The van der Waals surface area contributed by atoms with E-state index in [4.69, 9.17) is 17.3 Å². The van der Waals surface area contributed by atoms with Crippen molar-refractivity contribution in [3.8, 4) is 0 Å². The normalized spacial score (nSPS) is 10.6. The number of aromatic nitrogens is 2. The first-order chi connectivity index (χ1) is 9.97. The number of hydrogen-bond donors (Lipinski definition) is 2. The van der Waals surface area contributed by atoms with Crippen molar-refractivity contribution in [2.24, 2.45) is 0 Å². The zero-order valence-corrected chi connectivity index (χ0v) is 12.9. The summed E-state index contributed by atoms with van der Waals surface area (Å²) in [5.74, 6) is -0.0745. The molecule has 0 radical (unpaired) electrons. The van der Waals surface area contributed by atoms with Gasteiger partial charge in [-0.05, 0) is 38.0 Å². The Morgan fingerprint density at radius 3 is 2.57 bits per heavy atom. The van der Waals surface area contributed by atoms with Gasteiger partial charge in [-0.3, -0.25) is 9.48 Å². The fraction of sp³-hybridized carbons (Fsp3) is 0.333. The minimum atomic E-state index is -0.0745. The first-order valence-corrected chi connectivity index (χ1v) is 7.16. The van der Waals surface area contributed by atoms with Gasteiger partial charge in [0.15, 0.2) is 0 Å². The standard InChI is InChI=1S/C15H19ClN4O/c1-10-15(17)11(2)20(19-10)9-14(21)18-8-7-12-3-5-13(16)6-4-12/h3-6H,7-9,17H2,1-2H3,(H,18,21). The summed E-state index contributed by atoms with van der Waals surface area (Å²) in [6.45, 7) is 4.45. The molecule has 21 heavy (non-hydrogen) atoms. The highest BCUT2D eigenvalue weighted by atomic mass is 35.5. The van der Waals surface area contributed by atoms with Crippen molar-refractivity contribution in [2.75, 3.05) is 12.3 Å². The summed E-state index contributed by atoms with van der Waals surface area (Å²) >= 11 is 5.83. The van der Waals surface area contributed by atoms with Crippen LogP contribution < -0.4 is 11.1 Å². The molecule has 0 saturated carbocycles. The predicted molar refractivity (Wildman–Crippen MR) is 84.3 cm³/mol. The molecule has 0 unspecified atom stereocenters. The number of hydrogen-bond acceptors (Lipinski definition) is 3. The van der Waals surface area contributed by atoms with Gasteiger partial charge < -0.3 is 11.1 Å². The molecule has 0 bridgehead atoms. The summed E-state index contributed by atoms with van der Waals surface area (Å²) < 4.78 is 1.63. The van der Waals surface area contributed by atoms with E-state index in [0.29, 0.717) is 17.3 Å². The van der Waals surface area contributed by atoms with Crippen molar-refractivity contribution in [2.45, 2.75) is 26.8 Å². The molecular formula is C15H19ClN4O. The van der Waals surface area contributed by atoms with E-state index < -0.39 is 0 Å². The maximum Gasteiger partial charge on any atom is 0.241 e. The van der Waals surface area contributed by atoms with Gasteiger partial charge in [-0.25, -0.2) is 0 Å². The van der Waals surface area contributed by atoms with Gasteiger partial charge in [0.05, 0.1) is 17.1 Å². The number of benzene rings is 1. The molecule has 0 saturated heterocycles. The van der Waals surface area contributed by atoms with Crippen LogP contribution in [-0.4, -0.2) is 22.2 Å². The van der Waals surface area contributed by atoms with E-state index in [-0.39, 0.29) is 12.5 Å². The van der Waals surface area contributed by atoms with Crippen molar-refractivity contribution in [1.82, 2.24) is 15.1 Å². The number of nitrogen functional groups attached to an aromatic ring is 1. The molecule has 2 aromatic rings. The number of amides is 1. The van der Waals surface area contributed by atoms with Crippen molar-refractivity contribution in [1.29, 1.82) is 0 Å². The fourth-order valence-electron chi connectivity index (χ4n) is 2.05. The van der Waals surface area contributed by atoms with Gasteiger partial charge in [0, 0.05) is 11.6 Å². The number of nitrogens with one attached hydrogen (secondary N) is 1. The second-order valence-electron chi connectivity index (χ2n) is 4.97. The van der Waals surface area contributed by atoms with Crippen LogP contribution in [0, 0.1) is 13.8 Å². The van der Waals surface area contributed by atoms with E-state index in [1.54, 1.807) is 4.68 Å². The third kappa shape index (κ3) is 3.98. The molecule has 3 N–H and O–H groups in total. The summed E-state index contributed by atoms with van der Waals surface area (Å²) in [7, 11) is 0. The monoisotopic (exact) mass is 306 g/mol. The number of halogens is 1. The Balaban J connectivity index is 1.82. The number of aryl methyl sites for hydroxylation is 1. The summed E-state index contributed by atoms with van der Waals surface area (Å²) in [5.41, 5.74) is 9.19. The van der Waals surface area contributed by atoms with E-state index in [0.717, 1.165) is 23.4 Å². The molecule has 1 aromatic carbocycles. The second kappa shape index (κ2) is 6.63. The zero-order chi connectivity index (χ0) is 15.4. The van der Waals surface area contributed by atoms with Crippen LogP contribution in [-0.2, 0) is 17.8 Å². The third-order valence-corrected chi connectivity index (χ3v) is 3.63. The van der Waals surface area contributed by atoms with Crippen LogP contribution >= 0.6 is 11.6 Å². The number of carbonyl (C=O) groups is 1. The number of carbonyl (C=O) groups excluding carboxylic acids is 1. The second-order valence-corrected chi connectivity index (χ2v) is 5.40. The lowest BCUT2D eigenvalue weighted by Gasteiger charge is -2.07. The van der Waals surface area contributed by atoms with Crippen LogP contribution in [0.3, 0.4) is 0 Å². The van der Waals surface area contributed by atoms with E-state index in [9.17, 15) is 4.79 Å². The topological polar surface area (TPSA) is 72.9 Å². The average molecular weight is 307 g/mol. The Labute approximate surface area is 129 Å². The molecule has 0 fully saturated rings. The Kier molecular flexibility index (Phi) is 4.85. The smallest absolute Gasteiger partial charge is 0.241 e. The maximum absolute atomic E-state index is 11.9. The van der Waals surface area contributed by atoms with Gasteiger partial charge in [0.1, 0.15) is 6.54 Å². The molecular weight excluding hydrogens is 288 g/mol. The molecule has 0 aliphatic rings. The molecule has 0 spiro atoms. The molecule has 6 heteroatoms. The van der Waals surface area contributed by atoms with Crippen molar-refractivity contribution >= 4 is 23.2 Å². The number of nitrogens with zero attached hydrogens (tertiary/aromatic N) is 2. The van der Waals surface area contributed by atoms with E-state index in [1.807, 2.05) is 38.1 Å². The highest BCUT2D eigenvalue weighted by Gasteiger charge is 2.10. The van der Waals surface area contributed by atoms with Crippen LogP contribution in [0.15, 0.2) is 24.3 Å². The highest BCUT2D eigenvalue weighted by Crippen LogP contribution is 2.14. The quantitative estimate of drug-likeness (QED) is 0.888. The maximum atomic E-state index is 11.9. The van der Waals surface area contributed by atoms with Crippen molar-refractivity contribution in [3.63, 3.8) is 0 Å². The number of nitrogens with two attached hydrogens (primary N) is 1. The van der Waals surface area contributed by atoms with Crippen LogP contribution in [0.1, 0.15) is 17.0 Å². The minimum Gasteiger partial charge on any atom is -0.396 e. The summed E-state index contributed by atoms with van der Waals surface area (Å²) in [6.07, 6.45) is 0.766. The number of rotatable bonds is 5. The van der Waals surface area contributed by atoms with Gasteiger partial charge in [-0.2, -0.15) is 5.10 Å². The SMILES string of the molecule is Cc1nn(CC(=O)NCCc2ccc(Cl)cc2)c(C)c1N. The van der Waals surface area contributed by atoms with Gasteiger partial charge in [0.2, 0.25) is 5.91 Å². The van der Waals surface area contributed by atoms with Crippen LogP contribution in [0.2, 0.25) is 5.02 Å². The van der Waals surface area contributed by atoms with E-state index in [2.05, 4.69) is 10.4 Å². The highest BCUT2D eigenvalue weighted by molar-refractivity contribution is 6.30. The zero-order valence-electron chi connectivity index (χ0n) is 12.2. The fourth-order valence-corrected chi connectivity index (χ4v) is 2.18. The molecule has 0 atom stereocenters. The lowest BCUT2D eigenvalue weighted by atomic mass is 10.1. The molecule has 112 valence electrons. The molecule has 0 aliphatic heterocycles. The summed E-state index contributed by atoms with van der Waals surface area (Å²) in [6, 6.07) is 7.60. The molecule has 1 amide bonds. The summed E-state index contributed by atoms with van der Waals surface area (Å²) in [4.78, 5) is 11.9. The molecule has 1 aromatic heterocycles. The largest absolute Gasteiger partial charge is 0.396 e. The number of anilines is 1.